The molecule has 0 spiro atoms. The van der Waals surface area contributed by atoms with Gasteiger partial charge in [-0.05, 0) is 25.7 Å². The molecular weight excluding hydrogens is 246 g/mol. The van der Waals surface area contributed by atoms with Crippen LogP contribution in [0.15, 0.2) is 4.99 Å². The largest absolute Gasteiger partial charge is 0.370 e. The lowest BCUT2D eigenvalue weighted by Crippen LogP contribution is -2.50. The van der Waals surface area contributed by atoms with Gasteiger partial charge in [0.15, 0.2) is 11.7 Å². The van der Waals surface area contributed by atoms with Crippen LogP contribution in [0.25, 0.3) is 0 Å². The highest BCUT2D eigenvalue weighted by molar-refractivity contribution is 5.89. The van der Waals surface area contributed by atoms with E-state index < -0.39 is 12.1 Å². The zero-order valence-electron chi connectivity index (χ0n) is 11.8. The molecule has 0 aliphatic rings. The van der Waals surface area contributed by atoms with Gasteiger partial charge in [0.1, 0.15) is 0 Å². The van der Waals surface area contributed by atoms with Crippen molar-refractivity contribution in [1.82, 2.24) is 5.32 Å². The van der Waals surface area contributed by atoms with Crippen molar-refractivity contribution < 1.29 is 9.59 Å². The number of nitrogens with two attached hydrogens (primary N) is 3. The van der Waals surface area contributed by atoms with Crippen molar-refractivity contribution >= 4 is 17.6 Å². The first-order valence-corrected chi connectivity index (χ1v) is 6.37. The highest BCUT2D eigenvalue weighted by Crippen LogP contribution is 2.04. The number of carbonyl (C=O) groups is 2. The minimum atomic E-state index is -0.658. The third kappa shape index (κ3) is 7.40. The standard InChI is InChI=1S/C12H25N5O2/c1-7(2)10(8(3)18)17-11(19)9(13)5-4-6-16-12(14)15/h7,9-10H,4-6,13H2,1-3H3,(H,17,19)(H4,14,15,16)/t9-,10-/m0/s1. The second kappa shape index (κ2) is 8.47. The number of hydrogen-bond acceptors (Lipinski definition) is 4. The predicted molar refractivity (Wildman–Crippen MR) is 75.3 cm³/mol. The molecule has 7 heteroatoms. The van der Waals surface area contributed by atoms with Crippen molar-refractivity contribution in [3.63, 3.8) is 0 Å². The van der Waals surface area contributed by atoms with Gasteiger partial charge in [0, 0.05) is 6.54 Å². The Bertz CT molecular complexity index is 337. The summed E-state index contributed by atoms with van der Waals surface area (Å²) in [5.41, 5.74) is 16.1. The molecule has 0 rings (SSSR count). The van der Waals surface area contributed by atoms with E-state index in [1.165, 1.54) is 6.92 Å². The normalized spacial score (nSPS) is 13.7. The van der Waals surface area contributed by atoms with Crippen LogP contribution in [0, 0.1) is 5.92 Å². The number of ketones is 1. The van der Waals surface area contributed by atoms with Crippen LogP contribution in [-0.2, 0) is 9.59 Å². The molecule has 0 aromatic heterocycles. The summed E-state index contributed by atoms with van der Waals surface area (Å²) in [6.45, 7) is 5.63. The molecule has 19 heavy (non-hydrogen) atoms. The Morgan fingerprint density at radius 2 is 1.84 bits per heavy atom. The molecule has 0 radical (unpaired) electrons. The van der Waals surface area contributed by atoms with Gasteiger partial charge < -0.3 is 22.5 Å². The van der Waals surface area contributed by atoms with Crippen molar-refractivity contribution in [1.29, 1.82) is 0 Å². The van der Waals surface area contributed by atoms with E-state index in [-0.39, 0.29) is 23.6 Å². The second-order valence-electron chi connectivity index (χ2n) is 4.90. The molecule has 0 aromatic carbocycles. The summed E-state index contributed by atoms with van der Waals surface area (Å²) < 4.78 is 0. The number of Topliss-reactive ketones (excluding diaryl/α,β-unsaturated/α-hetero) is 1. The topological polar surface area (TPSA) is 137 Å². The van der Waals surface area contributed by atoms with E-state index in [1.54, 1.807) is 0 Å². The van der Waals surface area contributed by atoms with Crippen LogP contribution in [0.2, 0.25) is 0 Å². The predicted octanol–water partition coefficient (Wildman–Crippen LogP) is -0.903. The van der Waals surface area contributed by atoms with Crippen LogP contribution in [0.5, 0.6) is 0 Å². The Kier molecular flexibility index (Phi) is 7.74. The third-order valence-electron chi connectivity index (χ3n) is 2.71. The van der Waals surface area contributed by atoms with E-state index >= 15 is 0 Å². The van der Waals surface area contributed by atoms with Crippen molar-refractivity contribution in [2.45, 2.75) is 45.7 Å². The van der Waals surface area contributed by atoms with Gasteiger partial charge in [-0.15, -0.1) is 0 Å². The summed E-state index contributed by atoms with van der Waals surface area (Å²) in [6, 6.07) is -1.15. The highest BCUT2D eigenvalue weighted by Gasteiger charge is 2.23. The Morgan fingerprint density at radius 1 is 1.26 bits per heavy atom. The van der Waals surface area contributed by atoms with Gasteiger partial charge in [0.25, 0.3) is 0 Å². The van der Waals surface area contributed by atoms with E-state index in [9.17, 15) is 9.59 Å². The maximum atomic E-state index is 11.8. The number of nitrogens with one attached hydrogen (secondary N) is 1. The molecule has 0 saturated carbocycles. The zero-order valence-corrected chi connectivity index (χ0v) is 11.8. The van der Waals surface area contributed by atoms with Crippen LogP contribution in [-0.4, -0.2) is 36.3 Å². The number of nitrogens with zero attached hydrogens (tertiary/aromatic N) is 1. The molecule has 0 aliphatic heterocycles. The lowest BCUT2D eigenvalue weighted by Gasteiger charge is -2.21. The minimum absolute atomic E-state index is 0.0227. The van der Waals surface area contributed by atoms with Crippen molar-refractivity contribution in [2.24, 2.45) is 28.1 Å². The van der Waals surface area contributed by atoms with Gasteiger partial charge >= 0.3 is 0 Å². The third-order valence-corrected chi connectivity index (χ3v) is 2.71. The summed E-state index contributed by atoms with van der Waals surface area (Å²) >= 11 is 0. The minimum Gasteiger partial charge on any atom is -0.370 e. The number of aliphatic imine (C=N–C) groups is 1. The Hall–Kier alpha value is -1.63. The van der Waals surface area contributed by atoms with E-state index in [2.05, 4.69) is 10.3 Å². The SMILES string of the molecule is CC(=O)[C@@H](NC(=O)[C@@H](N)CCCN=C(N)N)C(C)C. The zero-order chi connectivity index (χ0) is 15.0. The van der Waals surface area contributed by atoms with Gasteiger partial charge in [0.2, 0.25) is 5.91 Å². The van der Waals surface area contributed by atoms with Crippen molar-refractivity contribution in [2.75, 3.05) is 6.54 Å². The highest BCUT2D eigenvalue weighted by atomic mass is 16.2. The quantitative estimate of drug-likeness (QED) is 0.257. The fraction of sp³-hybridized carbons (Fsp3) is 0.750. The molecule has 7 nitrogen and oxygen atoms in total. The smallest absolute Gasteiger partial charge is 0.237 e. The number of hydrogen-bond donors (Lipinski definition) is 4. The molecular formula is C12H25N5O2. The first-order chi connectivity index (χ1) is 8.75. The van der Waals surface area contributed by atoms with Gasteiger partial charge in [0.05, 0.1) is 12.1 Å². The Labute approximate surface area is 114 Å². The molecule has 110 valence electrons. The van der Waals surface area contributed by atoms with Gasteiger partial charge in [-0.25, -0.2) is 0 Å². The lowest BCUT2D eigenvalue weighted by atomic mass is 10.00. The monoisotopic (exact) mass is 271 g/mol. The molecule has 0 unspecified atom stereocenters. The fourth-order valence-corrected chi connectivity index (χ4v) is 1.65. The van der Waals surface area contributed by atoms with Crippen molar-refractivity contribution in [3.8, 4) is 0 Å². The molecule has 1 amide bonds. The average Bonchev–Trinajstić information content (AvgIpc) is 2.29. The fourth-order valence-electron chi connectivity index (χ4n) is 1.65. The van der Waals surface area contributed by atoms with Crippen molar-refractivity contribution in [3.05, 3.63) is 0 Å². The van der Waals surface area contributed by atoms with E-state index in [0.717, 1.165) is 0 Å². The number of carbonyl (C=O) groups excluding carboxylic acids is 2. The van der Waals surface area contributed by atoms with Crippen LogP contribution >= 0.6 is 0 Å². The Balaban J connectivity index is 4.18. The molecule has 2 atom stereocenters. The summed E-state index contributed by atoms with van der Waals surface area (Å²) in [4.78, 5) is 27.0. The lowest BCUT2D eigenvalue weighted by molar-refractivity contribution is -0.128. The van der Waals surface area contributed by atoms with Crippen LogP contribution < -0.4 is 22.5 Å². The second-order valence-corrected chi connectivity index (χ2v) is 4.90. The van der Waals surface area contributed by atoms with Gasteiger partial charge in [-0.2, -0.15) is 0 Å². The molecule has 0 fully saturated rings. The molecule has 0 heterocycles. The van der Waals surface area contributed by atoms with Crippen LogP contribution in [0.3, 0.4) is 0 Å². The van der Waals surface area contributed by atoms with Crippen LogP contribution in [0.1, 0.15) is 33.6 Å². The number of amides is 1. The number of rotatable bonds is 8. The van der Waals surface area contributed by atoms with E-state index in [4.69, 9.17) is 17.2 Å². The summed E-state index contributed by atoms with van der Waals surface area (Å²) in [6.07, 6.45) is 1.07. The summed E-state index contributed by atoms with van der Waals surface area (Å²) in [7, 11) is 0. The first kappa shape index (κ1) is 17.4. The number of guanidine groups is 1. The van der Waals surface area contributed by atoms with Gasteiger partial charge in [-0.1, -0.05) is 13.8 Å². The molecule has 0 bridgehead atoms. The van der Waals surface area contributed by atoms with E-state index in [1.807, 2.05) is 13.8 Å². The molecule has 7 N–H and O–H groups in total. The maximum absolute atomic E-state index is 11.8. The first-order valence-electron chi connectivity index (χ1n) is 6.37. The van der Waals surface area contributed by atoms with Crippen LogP contribution in [0.4, 0.5) is 0 Å². The summed E-state index contributed by atoms with van der Waals surface area (Å²) in [5.74, 6) is -0.334. The average molecular weight is 271 g/mol. The Morgan fingerprint density at radius 3 is 2.26 bits per heavy atom. The van der Waals surface area contributed by atoms with Gasteiger partial charge in [-0.3, -0.25) is 14.6 Å². The molecule has 0 saturated heterocycles. The van der Waals surface area contributed by atoms with E-state index in [0.29, 0.717) is 19.4 Å². The summed E-state index contributed by atoms with van der Waals surface area (Å²) in [5, 5.41) is 2.67. The molecule has 0 aliphatic carbocycles. The molecule has 0 aromatic rings. The maximum Gasteiger partial charge on any atom is 0.237 e.